The number of hydrogen-bond acceptors (Lipinski definition) is 3. The lowest BCUT2D eigenvalue weighted by Gasteiger charge is -2.12. The zero-order valence-electron chi connectivity index (χ0n) is 14.7. The highest BCUT2D eigenvalue weighted by Crippen LogP contribution is 2.35. The van der Waals surface area contributed by atoms with Crippen LogP contribution in [0, 0.1) is 11.8 Å². The molecule has 0 saturated heterocycles. The molecule has 128 valence electrons. The molecule has 26 heavy (non-hydrogen) atoms. The summed E-state index contributed by atoms with van der Waals surface area (Å²) >= 11 is 0. The molecule has 0 radical (unpaired) electrons. The first-order valence-electron chi connectivity index (χ1n) is 8.15. The van der Waals surface area contributed by atoms with E-state index in [1.54, 1.807) is 26.4 Å². The summed E-state index contributed by atoms with van der Waals surface area (Å²) in [5, 5.41) is 0. The van der Waals surface area contributed by atoms with Gasteiger partial charge in [-0.15, -0.1) is 0 Å². The first kappa shape index (κ1) is 17.3. The topological polar surface area (TPSA) is 35.5 Å². The molecule has 0 aliphatic carbocycles. The number of hydrogen-bond donors (Lipinski definition) is 0. The number of methoxy groups -OCH3 is 2. The van der Waals surface area contributed by atoms with Gasteiger partial charge in [-0.3, -0.25) is 4.79 Å². The molecule has 0 saturated carbocycles. The Hall–Kier alpha value is -3.51. The molecule has 0 aliphatic rings. The van der Waals surface area contributed by atoms with E-state index in [0.717, 1.165) is 16.7 Å². The van der Waals surface area contributed by atoms with Crippen LogP contribution in [0.4, 0.5) is 0 Å². The van der Waals surface area contributed by atoms with Crippen LogP contribution < -0.4 is 9.47 Å². The van der Waals surface area contributed by atoms with Gasteiger partial charge in [0.1, 0.15) is 11.5 Å². The maximum Gasteiger partial charge on any atom is 0.236 e. The van der Waals surface area contributed by atoms with Gasteiger partial charge in [-0.05, 0) is 41.8 Å². The highest BCUT2D eigenvalue weighted by molar-refractivity contribution is 6.13. The van der Waals surface area contributed by atoms with Gasteiger partial charge in [0, 0.05) is 22.8 Å². The van der Waals surface area contributed by atoms with Crippen LogP contribution in [0.3, 0.4) is 0 Å². The van der Waals surface area contributed by atoms with Gasteiger partial charge >= 0.3 is 0 Å². The highest BCUT2D eigenvalue weighted by Gasteiger charge is 2.14. The normalized spacial score (nSPS) is 9.77. The predicted octanol–water partition coefficient (Wildman–Crippen LogP) is 4.61. The van der Waals surface area contributed by atoms with Gasteiger partial charge < -0.3 is 9.47 Å². The van der Waals surface area contributed by atoms with Crippen molar-refractivity contribution < 1.29 is 14.3 Å². The maximum atomic E-state index is 12.7. The van der Waals surface area contributed by atoms with Gasteiger partial charge in [-0.25, -0.2) is 0 Å². The van der Waals surface area contributed by atoms with Crippen molar-refractivity contribution in [3.05, 3.63) is 83.9 Å². The second-order valence-electron chi connectivity index (χ2n) is 5.56. The number of carbonyl (C=O) groups excluding carboxylic acids is 1. The molecule has 0 bridgehead atoms. The smallest absolute Gasteiger partial charge is 0.236 e. The summed E-state index contributed by atoms with van der Waals surface area (Å²) in [6.45, 7) is 0. The lowest BCUT2D eigenvalue weighted by atomic mass is 9.96. The number of ketones is 1. The molecule has 0 N–H and O–H groups in total. The van der Waals surface area contributed by atoms with Gasteiger partial charge in [-0.2, -0.15) is 0 Å². The Morgan fingerprint density at radius 2 is 1.54 bits per heavy atom. The standard InChI is InChI=1S/C23H18O3/c1-25-18-13-14-21(23(16-18)26-2)19-10-6-7-11-20(19)22(24)15-12-17-8-4-3-5-9-17/h3-11,13-14,16H,1-2H3. The summed E-state index contributed by atoms with van der Waals surface area (Å²) < 4.78 is 10.7. The summed E-state index contributed by atoms with van der Waals surface area (Å²) in [5.74, 6) is 6.75. The van der Waals surface area contributed by atoms with Crippen LogP contribution in [0.1, 0.15) is 15.9 Å². The number of rotatable bonds is 4. The van der Waals surface area contributed by atoms with Crippen LogP contribution in [-0.4, -0.2) is 20.0 Å². The van der Waals surface area contributed by atoms with Crippen LogP contribution in [0.15, 0.2) is 72.8 Å². The minimum atomic E-state index is -0.234. The van der Waals surface area contributed by atoms with Gasteiger partial charge in [0.15, 0.2) is 0 Å². The van der Waals surface area contributed by atoms with Crippen molar-refractivity contribution in [1.29, 1.82) is 0 Å². The van der Waals surface area contributed by atoms with Gasteiger partial charge in [0.2, 0.25) is 5.78 Å². The molecule has 0 spiro atoms. The third kappa shape index (κ3) is 3.76. The molecule has 3 nitrogen and oxygen atoms in total. The van der Waals surface area contributed by atoms with Gasteiger partial charge in [0.25, 0.3) is 0 Å². The van der Waals surface area contributed by atoms with Crippen molar-refractivity contribution in [1.82, 2.24) is 0 Å². The lowest BCUT2D eigenvalue weighted by Crippen LogP contribution is -2.00. The average molecular weight is 342 g/mol. The summed E-state index contributed by atoms with van der Waals surface area (Å²) in [6, 6.07) is 22.4. The van der Waals surface area contributed by atoms with E-state index < -0.39 is 0 Å². The fourth-order valence-electron chi connectivity index (χ4n) is 2.65. The van der Waals surface area contributed by atoms with E-state index in [0.29, 0.717) is 17.1 Å². The van der Waals surface area contributed by atoms with Crippen molar-refractivity contribution in [3.63, 3.8) is 0 Å². The van der Waals surface area contributed by atoms with Crippen LogP contribution in [0.5, 0.6) is 11.5 Å². The first-order chi connectivity index (χ1) is 12.7. The molecule has 0 heterocycles. The van der Waals surface area contributed by atoms with E-state index >= 15 is 0 Å². The molecule has 0 aliphatic heterocycles. The van der Waals surface area contributed by atoms with Crippen molar-refractivity contribution in [2.75, 3.05) is 14.2 Å². The number of carbonyl (C=O) groups is 1. The van der Waals surface area contributed by atoms with Crippen LogP contribution in [0.2, 0.25) is 0 Å². The molecule has 0 amide bonds. The number of Topliss-reactive ketones (excluding diaryl/α,β-unsaturated/α-hetero) is 1. The zero-order valence-corrected chi connectivity index (χ0v) is 14.7. The Morgan fingerprint density at radius 3 is 2.27 bits per heavy atom. The van der Waals surface area contributed by atoms with E-state index in [4.69, 9.17) is 9.47 Å². The highest BCUT2D eigenvalue weighted by atomic mass is 16.5. The second-order valence-corrected chi connectivity index (χ2v) is 5.56. The molecule has 3 aromatic rings. The SMILES string of the molecule is COc1ccc(-c2ccccc2C(=O)C#Cc2ccccc2)c(OC)c1. The number of ether oxygens (including phenoxy) is 2. The molecule has 3 rings (SSSR count). The third-order valence-electron chi connectivity index (χ3n) is 3.96. The predicted molar refractivity (Wildman–Crippen MR) is 103 cm³/mol. The summed E-state index contributed by atoms with van der Waals surface area (Å²) in [6.07, 6.45) is 0. The van der Waals surface area contributed by atoms with E-state index in [1.165, 1.54) is 0 Å². The summed E-state index contributed by atoms with van der Waals surface area (Å²) in [5.41, 5.74) is 2.94. The van der Waals surface area contributed by atoms with E-state index in [2.05, 4.69) is 11.8 Å². The molecule has 0 unspecified atom stereocenters. The van der Waals surface area contributed by atoms with Gasteiger partial charge in [0.05, 0.1) is 14.2 Å². The molecule has 0 fully saturated rings. The Balaban J connectivity index is 2.02. The summed E-state index contributed by atoms with van der Waals surface area (Å²) in [7, 11) is 3.20. The number of benzene rings is 3. The summed E-state index contributed by atoms with van der Waals surface area (Å²) in [4.78, 5) is 12.7. The first-order valence-corrected chi connectivity index (χ1v) is 8.15. The molecule has 3 aromatic carbocycles. The Morgan fingerprint density at radius 1 is 0.808 bits per heavy atom. The van der Waals surface area contributed by atoms with Crippen molar-refractivity contribution in [3.8, 4) is 34.5 Å². The molecule has 0 aromatic heterocycles. The Bertz CT molecular complexity index is 979. The molecule has 3 heteroatoms. The fourth-order valence-corrected chi connectivity index (χ4v) is 2.65. The lowest BCUT2D eigenvalue weighted by molar-refractivity contribution is 0.105. The van der Waals surface area contributed by atoms with Crippen LogP contribution in [-0.2, 0) is 0 Å². The second kappa shape index (κ2) is 8.04. The minimum absolute atomic E-state index is 0.234. The monoisotopic (exact) mass is 342 g/mol. The minimum Gasteiger partial charge on any atom is -0.497 e. The van der Waals surface area contributed by atoms with Gasteiger partial charge in [-0.1, -0.05) is 42.3 Å². The average Bonchev–Trinajstić information content (AvgIpc) is 2.72. The van der Waals surface area contributed by atoms with Crippen molar-refractivity contribution in [2.24, 2.45) is 0 Å². The van der Waals surface area contributed by atoms with Crippen LogP contribution in [0.25, 0.3) is 11.1 Å². The van der Waals surface area contributed by atoms with Crippen molar-refractivity contribution >= 4 is 5.78 Å². The largest absolute Gasteiger partial charge is 0.497 e. The van der Waals surface area contributed by atoms with E-state index in [-0.39, 0.29) is 5.78 Å². The molecule has 0 atom stereocenters. The zero-order chi connectivity index (χ0) is 18.4. The Kier molecular flexibility index (Phi) is 5.36. The molecular weight excluding hydrogens is 324 g/mol. The van der Waals surface area contributed by atoms with Crippen LogP contribution >= 0.6 is 0 Å². The Labute approximate surface area is 153 Å². The molecular formula is C23H18O3. The van der Waals surface area contributed by atoms with E-state index in [9.17, 15) is 4.79 Å². The van der Waals surface area contributed by atoms with Crippen molar-refractivity contribution in [2.45, 2.75) is 0 Å². The fraction of sp³-hybridized carbons (Fsp3) is 0.0870. The third-order valence-corrected chi connectivity index (χ3v) is 3.96. The van der Waals surface area contributed by atoms with E-state index in [1.807, 2.05) is 60.7 Å². The quantitative estimate of drug-likeness (QED) is 0.513. The maximum absolute atomic E-state index is 12.7.